The van der Waals surface area contributed by atoms with E-state index in [1.54, 1.807) is 0 Å². The van der Waals surface area contributed by atoms with Crippen molar-refractivity contribution in [2.24, 2.45) is 11.8 Å². The molecular formula is C17H19NO3. The minimum absolute atomic E-state index is 0.121. The molecule has 110 valence electrons. The van der Waals surface area contributed by atoms with Crippen LogP contribution in [-0.2, 0) is 16.0 Å². The van der Waals surface area contributed by atoms with E-state index in [1.807, 2.05) is 42.5 Å². The summed E-state index contributed by atoms with van der Waals surface area (Å²) in [4.78, 5) is 26.3. The van der Waals surface area contributed by atoms with Crippen LogP contribution in [0.3, 0.4) is 0 Å². The summed E-state index contributed by atoms with van der Waals surface area (Å²) in [5.41, 5.74) is 1.02. The fourth-order valence-electron chi connectivity index (χ4n) is 3.31. The smallest absolute Gasteiger partial charge is 0.233 e. The predicted octanol–water partition coefficient (Wildman–Crippen LogP) is 1.54. The number of aliphatic hydroxyl groups excluding tert-OH is 1. The van der Waals surface area contributed by atoms with Crippen LogP contribution in [0.4, 0.5) is 0 Å². The Morgan fingerprint density at radius 1 is 1.05 bits per heavy atom. The van der Waals surface area contributed by atoms with Gasteiger partial charge in [0.15, 0.2) is 0 Å². The Kier molecular flexibility index (Phi) is 3.88. The van der Waals surface area contributed by atoms with Crippen molar-refractivity contribution in [2.75, 3.05) is 6.61 Å². The molecule has 1 heterocycles. The molecule has 21 heavy (non-hydrogen) atoms. The van der Waals surface area contributed by atoms with E-state index in [0.29, 0.717) is 19.3 Å². The Balaban J connectivity index is 1.81. The lowest BCUT2D eigenvalue weighted by atomic mass is 9.85. The predicted molar refractivity (Wildman–Crippen MR) is 78.2 cm³/mol. The molecule has 0 radical (unpaired) electrons. The molecule has 1 aromatic rings. The molecule has 0 saturated carbocycles. The summed E-state index contributed by atoms with van der Waals surface area (Å²) in [5.74, 6) is -0.701. The van der Waals surface area contributed by atoms with Crippen molar-refractivity contribution in [2.45, 2.75) is 25.3 Å². The molecule has 2 amide bonds. The second-order valence-electron chi connectivity index (χ2n) is 5.73. The number of hydrogen-bond acceptors (Lipinski definition) is 3. The van der Waals surface area contributed by atoms with Gasteiger partial charge in [-0.05, 0) is 24.8 Å². The lowest BCUT2D eigenvalue weighted by Crippen LogP contribution is -2.44. The molecule has 2 aliphatic rings. The summed E-state index contributed by atoms with van der Waals surface area (Å²) in [5, 5.41) is 9.66. The Labute approximate surface area is 124 Å². The van der Waals surface area contributed by atoms with E-state index in [-0.39, 0.29) is 30.3 Å². The molecule has 4 heteroatoms. The standard InChI is InChI=1S/C17H19NO3/c19-11-13(10-12-6-2-1-3-7-12)18-16(20)14-8-4-5-9-15(14)17(18)21/h1-7,13-15,19H,8-11H2/t13-,14-,15+/m0/s1. The third kappa shape index (κ3) is 2.51. The van der Waals surface area contributed by atoms with Gasteiger partial charge >= 0.3 is 0 Å². The summed E-state index contributed by atoms with van der Waals surface area (Å²) in [6.45, 7) is -0.195. The van der Waals surface area contributed by atoms with Crippen molar-refractivity contribution < 1.29 is 14.7 Å². The first-order valence-corrected chi connectivity index (χ1v) is 7.39. The quantitative estimate of drug-likeness (QED) is 0.674. The van der Waals surface area contributed by atoms with E-state index in [0.717, 1.165) is 5.56 Å². The maximum Gasteiger partial charge on any atom is 0.233 e. The molecule has 1 aliphatic heterocycles. The summed E-state index contributed by atoms with van der Waals surface area (Å²) >= 11 is 0. The second-order valence-corrected chi connectivity index (χ2v) is 5.73. The van der Waals surface area contributed by atoms with Gasteiger partial charge in [-0.3, -0.25) is 14.5 Å². The van der Waals surface area contributed by atoms with Gasteiger partial charge in [0, 0.05) is 0 Å². The number of hydrogen-bond donors (Lipinski definition) is 1. The lowest BCUT2D eigenvalue weighted by molar-refractivity contribution is -0.143. The van der Waals surface area contributed by atoms with Gasteiger partial charge in [0.2, 0.25) is 11.8 Å². The number of allylic oxidation sites excluding steroid dienone is 2. The van der Waals surface area contributed by atoms with Crippen molar-refractivity contribution in [1.29, 1.82) is 0 Å². The molecule has 0 aromatic heterocycles. The van der Waals surface area contributed by atoms with E-state index in [1.165, 1.54) is 4.90 Å². The van der Waals surface area contributed by atoms with Crippen LogP contribution in [0.1, 0.15) is 18.4 Å². The van der Waals surface area contributed by atoms with Crippen LogP contribution in [0.2, 0.25) is 0 Å². The normalized spacial score (nSPS) is 26.0. The van der Waals surface area contributed by atoms with Gasteiger partial charge < -0.3 is 5.11 Å². The van der Waals surface area contributed by atoms with Gasteiger partial charge in [-0.1, -0.05) is 42.5 Å². The Morgan fingerprint density at radius 3 is 2.14 bits per heavy atom. The fourth-order valence-corrected chi connectivity index (χ4v) is 3.31. The summed E-state index contributed by atoms with van der Waals surface area (Å²) < 4.78 is 0. The minimum Gasteiger partial charge on any atom is -0.394 e. The van der Waals surface area contributed by atoms with Crippen molar-refractivity contribution in [3.63, 3.8) is 0 Å². The molecule has 1 saturated heterocycles. The van der Waals surface area contributed by atoms with Gasteiger partial charge in [-0.2, -0.15) is 0 Å². The molecule has 3 atom stereocenters. The van der Waals surface area contributed by atoms with Gasteiger partial charge in [-0.15, -0.1) is 0 Å². The number of carbonyl (C=O) groups is 2. The number of aliphatic hydroxyl groups is 1. The number of benzene rings is 1. The monoisotopic (exact) mass is 285 g/mol. The van der Waals surface area contributed by atoms with Crippen molar-refractivity contribution in [3.8, 4) is 0 Å². The third-order valence-corrected chi connectivity index (χ3v) is 4.43. The van der Waals surface area contributed by atoms with Gasteiger partial charge in [0.25, 0.3) is 0 Å². The highest BCUT2D eigenvalue weighted by molar-refractivity contribution is 6.05. The fraction of sp³-hybridized carbons (Fsp3) is 0.412. The number of fused-ring (bicyclic) bond motifs is 1. The van der Waals surface area contributed by atoms with E-state index in [4.69, 9.17) is 0 Å². The van der Waals surface area contributed by atoms with Crippen LogP contribution in [0.25, 0.3) is 0 Å². The third-order valence-electron chi connectivity index (χ3n) is 4.43. The molecule has 1 aromatic carbocycles. The average Bonchev–Trinajstić information content (AvgIpc) is 2.78. The highest BCUT2D eigenvalue weighted by atomic mass is 16.3. The zero-order valence-electron chi connectivity index (χ0n) is 11.8. The first kappa shape index (κ1) is 14.0. The van der Waals surface area contributed by atoms with Crippen LogP contribution >= 0.6 is 0 Å². The topological polar surface area (TPSA) is 57.6 Å². The van der Waals surface area contributed by atoms with Crippen molar-refractivity contribution in [1.82, 2.24) is 4.90 Å². The molecule has 4 nitrogen and oxygen atoms in total. The van der Waals surface area contributed by atoms with Crippen LogP contribution in [0.5, 0.6) is 0 Å². The summed E-state index contributed by atoms with van der Waals surface area (Å²) in [6.07, 6.45) is 5.72. The second kappa shape index (κ2) is 5.82. The van der Waals surface area contributed by atoms with Crippen LogP contribution in [0, 0.1) is 11.8 Å². The largest absolute Gasteiger partial charge is 0.394 e. The Bertz CT molecular complexity index is 541. The maximum atomic E-state index is 12.5. The van der Waals surface area contributed by atoms with Crippen LogP contribution in [0.15, 0.2) is 42.5 Å². The number of amides is 2. The zero-order chi connectivity index (χ0) is 14.8. The van der Waals surface area contributed by atoms with E-state index < -0.39 is 6.04 Å². The first-order valence-electron chi connectivity index (χ1n) is 7.39. The molecule has 1 aliphatic carbocycles. The molecule has 3 rings (SSSR count). The van der Waals surface area contributed by atoms with Crippen LogP contribution < -0.4 is 0 Å². The highest BCUT2D eigenvalue weighted by Gasteiger charge is 2.49. The van der Waals surface area contributed by atoms with Crippen LogP contribution in [-0.4, -0.2) is 34.5 Å². The summed E-state index contributed by atoms with van der Waals surface area (Å²) in [7, 11) is 0. The molecular weight excluding hydrogens is 266 g/mol. The molecule has 1 N–H and O–H groups in total. The number of rotatable bonds is 4. The number of likely N-dealkylation sites (tertiary alicyclic amines) is 1. The van der Waals surface area contributed by atoms with Crippen molar-refractivity contribution >= 4 is 11.8 Å². The van der Waals surface area contributed by atoms with E-state index >= 15 is 0 Å². The van der Waals surface area contributed by atoms with Gasteiger partial charge in [0.1, 0.15) is 0 Å². The Hall–Kier alpha value is -1.94. The van der Waals surface area contributed by atoms with E-state index in [2.05, 4.69) is 0 Å². The lowest BCUT2D eigenvalue weighted by Gasteiger charge is -2.25. The Morgan fingerprint density at radius 2 is 1.62 bits per heavy atom. The zero-order valence-corrected chi connectivity index (χ0v) is 11.8. The first-order chi connectivity index (χ1) is 10.2. The van der Waals surface area contributed by atoms with Gasteiger partial charge in [0.05, 0.1) is 24.5 Å². The van der Waals surface area contributed by atoms with Crippen molar-refractivity contribution in [3.05, 3.63) is 48.0 Å². The molecule has 0 spiro atoms. The number of nitrogens with zero attached hydrogens (tertiary/aromatic N) is 1. The number of carbonyl (C=O) groups excluding carboxylic acids is 2. The molecule has 0 bridgehead atoms. The minimum atomic E-state index is -0.460. The molecule has 0 unspecified atom stereocenters. The number of imide groups is 1. The SMILES string of the molecule is O=C1[C@H]2CC=CC[C@H]2C(=O)N1[C@H](CO)Cc1ccccc1. The highest BCUT2D eigenvalue weighted by Crippen LogP contribution is 2.36. The summed E-state index contributed by atoms with van der Waals surface area (Å²) in [6, 6.07) is 9.19. The maximum absolute atomic E-state index is 12.5. The molecule has 1 fully saturated rings. The average molecular weight is 285 g/mol. The van der Waals surface area contributed by atoms with Gasteiger partial charge in [-0.25, -0.2) is 0 Å². The van der Waals surface area contributed by atoms with E-state index in [9.17, 15) is 14.7 Å².